The minimum atomic E-state index is 0.829. The molecule has 0 bridgehead atoms. The van der Waals surface area contributed by atoms with Gasteiger partial charge in [-0.1, -0.05) is 33.6 Å². The van der Waals surface area contributed by atoms with Gasteiger partial charge >= 0.3 is 0 Å². The number of hydrogen-bond donors (Lipinski definition) is 0. The highest BCUT2D eigenvalue weighted by Crippen LogP contribution is 2.12. The van der Waals surface area contributed by atoms with E-state index in [0.717, 1.165) is 24.1 Å². The van der Waals surface area contributed by atoms with Gasteiger partial charge in [0, 0.05) is 5.33 Å². The molecule has 1 aromatic rings. The van der Waals surface area contributed by atoms with Crippen LogP contribution in [0.2, 0.25) is 0 Å². The van der Waals surface area contributed by atoms with Crippen LogP contribution in [-0.2, 0) is 0 Å². The lowest BCUT2D eigenvalue weighted by atomic mass is 10.2. The van der Waals surface area contributed by atoms with Gasteiger partial charge < -0.3 is 4.74 Å². The molecule has 2 heteroatoms. The Kier molecular flexibility index (Phi) is 5.69. The summed E-state index contributed by atoms with van der Waals surface area (Å²) < 4.78 is 5.59. The number of hydrogen-bond acceptors (Lipinski definition) is 1. The van der Waals surface area contributed by atoms with Gasteiger partial charge in [-0.3, -0.25) is 0 Å². The van der Waals surface area contributed by atoms with Gasteiger partial charge in [-0.2, -0.15) is 0 Å². The molecule has 1 rings (SSSR count). The van der Waals surface area contributed by atoms with Crippen molar-refractivity contribution < 1.29 is 4.74 Å². The Morgan fingerprint density at radius 1 is 1.07 bits per heavy atom. The number of alkyl halides is 1. The lowest BCUT2D eigenvalue weighted by molar-refractivity contribution is 0.306. The van der Waals surface area contributed by atoms with Gasteiger partial charge in [0.15, 0.2) is 0 Å². The third-order valence-electron chi connectivity index (χ3n) is 2.07. The van der Waals surface area contributed by atoms with Crippen LogP contribution in [0.4, 0.5) is 0 Å². The number of rotatable bonds is 6. The SMILES string of the molecule is Cc1ccc(OCCCCCBr)cc1. The molecular weight excluding hydrogens is 240 g/mol. The van der Waals surface area contributed by atoms with Crippen molar-refractivity contribution >= 4 is 15.9 Å². The summed E-state index contributed by atoms with van der Waals surface area (Å²) in [6.45, 7) is 2.91. The number of halogens is 1. The van der Waals surface area contributed by atoms with Crippen LogP contribution in [-0.4, -0.2) is 11.9 Å². The summed E-state index contributed by atoms with van der Waals surface area (Å²) in [5.41, 5.74) is 1.27. The summed E-state index contributed by atoms with van der Waals surface area (Å²) in [4.78, 5) is 0. The first kappa shape index (κ1) is 11.6. The molecular formula is C12H17BrO. The van der Waals surface area contributed by atoms with Crippen LogP contribution in [0.25, 0.3) is 0 Å². The Labute approximate surface area is 94.6 Å². The zero-order chi connectivity index (χ0) is 10.2. The van der Waals surface area contributed by atoms with Crippen molar-refractivity contribution in [3.8, 4) is 5.75 Å². The van der Waals surface area contributed by atoms with Crippen LogP contribution in [0.15, 0.2) is 24.3 Å². The Balaban J connectivity index is 2.15. The largest absolute Gasteiger partial charge is 0.494 e. The van der Waals surface area contributed by atoms with E-state index in [-0.39, 0.29) is 0 Å². The van der Waals surface area contributed by atoms with Crippen molar-refractivity contribution in [3.63, 3.8) is 0 Å². The maximum Gasteiger partial charge on any atom is 0.119 e. The van der Waals surface area contributed by atoms with E-state index in [1.165, 1.54) is 18.4 Å². The Morgan fingerprint density at radius 3 is 2.43 bits per heavy atom. The zero-order valence-electron chi connectivity index (χ0n) is 8.63. The topological polar surface area (TPSA) is 9.23 Å². The second-order valence-electron chi connectivity index (χ2n) is 3.41. The number of benzene rings is 1. The molecule has 14 heavy (non-hydrogen) atoms. The smallest absolute Gasteiger partial charge is 0.119 e. The molecule has 0 N–H and O–H groups in total. The molecule has 1 nitrogen and oxygen atoms in total. The maximum atomic E-state index is 5.59. The fourth-order valence-corrected chi connectivity index (χ4v) is 1.59. The highest BCUT2D eigenvalue weighted by atomic mass is 79.9. The van der Waals surface area contributed by atoms with E-state index in [9.17, 15) is 0 Å². The summed E-state index contributed by atoms with van der Waals surface area (Å²) >= 11 is 3.41. The third-order valence-corrected chi connectivity index (χ3v) is 2.63. The summed E-state index contributed by atoms with van der Waals surface area (Å²) in [5, 5.41) is 1.09. The molecule has 1 aromatic carbocycles. The molecule has 0 saturated heterocycles. The molecule has 0 unspecified atom stereocenters. The van der Waals surface area contributed by atoms with Crippen molar-refractivity contribution in [1.29, 1.82) is 0 Å². The zero-order valence-corrected chi connectivity index (χ0v) is 10.2. The van der Waals surface area contributed by atoms with Gasteiger partial charge in [0.2, 0.25) is 0 Å². The molecule has 0 spiro atoms. The minimum absolute atomic E-state index is 0.829. The average Bonchev–Trinajstić information content (AvgIpc) is 2.21. The molecule has 0 saturated carbocycles. The molecule has 0 atom stereocenters. The first-order valence-electron chi connectivity index (χ1n) is 5.08. The van der Waals surface area contributed by atoms with Gasteiger partial charge in [-0.15, -0.1) is 0 Å². The molecule has 0 aliphatic heterocycles. The standard InChI is InChI=1S/C12H17BrO/c1-11-5-7-12(8-6-11)14-10-4-2-3-9-13/h5-8H,2-4,9-10H2,1H3. The van der Waals surface area contributed by atoms with Crippen molar-refractivity contribution in [3.05, 3.63) is 29.8 Å². The Hall–Kier alpha value is -0.500. The molecule has 0 amide bonds. The highest BCUT2D eigenvalue weighted by molar-refractivity contribution is 9.09. The third kappa shape index (κ3) is 4.66. The molecule has 0 aliphatic carbocycles. The molecule has 0 fully saturated rings. The van der Waals surface area contributed by atoms with Gasteiger partial charge in [0.05, 0.1) is 6.61 Å². The van der Waals surface area contributed by atoms with E-state index >= 15 is 0 Å². The normalized spacial score (nSPS) is 10.1. The predicted molar refractivity (Wildman–Crippen MR) is 64.3 cm³/mol. The number of unbranched alkanes of at least 4 members (excludes halogenated alkanes) is 2. The summed E-state index contributed by atoms with van der Waals surface area (Å²) in [5.74, 6) is 0.981. The van der Waals surface area contributed by atoms with Crippen molar-refractivity contribution in [1.82, 2.24) is 0 Å². The van der Waals surface area contributed by atoms with E-state index in [0.29, 0.717) is 0 Å². The quantitative estimate of drug-likeness (QED) is 0.554. The number of aryl methyl sites for hydroxylation is 1. The van der Waals surface area contributed by atoms with Gasteiger partial charge in [-0.05, 0) is 38.3 Å². The van der Waals surface area contributed by atoms with Crippen LogP contribution < -0.4 is 4.74 Å². The van der Waals surface area contributed by atoms with Crippen LogP contribution in [0.1, 0.15) is 24.8 Å². The van der Waals surface area contributed by atoms with Gasteiger partial charge in [0.1, 0.15) is 5.75 Å². The van der Waals surface area contributed by atoms with Gasteiger partial charge in [-0.25, -0.2) is 0 Å². The van der Waals surface area contributed by atoms with E-state index in [1.54, 1.807) is 0 Å². The van der Waals surface area contributed by atoms with Crippen LogP contribution in [0.5, 0.6) is 5.75 Å². The highest BCUT2D eigenvalue weighted by Gasteiger charge is 1.92. The van der Waals surface area contributed by atoms with E-state index in [2.05, 4.69) is 35.0 Å². The molecule has 0 radical (unpaired) electrons. The molecule has 0 aliphatic rings. The lowest BCUT2D eigenvalue weighted by Crippen LogP contribution is -1.97. The van der Waals surface area contributed by atoms with E-state index < -0.39 is 0 Å². The first-order chi connectivity index (χ1) is 6.83. The van der Waals surface area contributed by atoms with E-state index in [4.69, 9.17) is 4.74 Å². The monoisotopic (exact) mass is 256 g/mol. The fraction of sp³-hybridized carbons (Fsp3) is 0.500. The van der Waals surface area contributed by atoms with E-state index in [1.807, 2.05) is 12.1 Å². The fourth-order valence-electron chi connectivity index (χ4n) is 1.20. The van der Waals surface area contributed by atoms with Crippen molar-refractivity contribution in [2.75, 3.05) is 11.9 Å². The van der Waals surface area contributed by atoms with Gasteiger partial charge in [0.25, 0.3) is 0 Å². The van der Waals surface area contributed by atoms with Crippen LogP contribution >= 0.6 is 15.9 Å². The van der Waals surface area contributed by atoms with Crippen molar-refractivity contribution in [2.24, 2.45) is 0 Å². The molecule has 0 aromatic heterocycles. The maximum absolute atomic E-state index is 5.59. The van der Waals surface area contributed by atoms with Crippen LogP contribution in [0, 0.1) is 6.92 Å². The second-order valence-corrected chi connectivity index (χ2v) is 4.20. The summed E-state index contributed by atoms with van der Waals surface area (Å²) in [6, 6.07) is 8.21. The first-order valence-corrected chi connectivity index (χ1v) is 6.20. The Morgan fingerprint density at radius 2 is 1.79 bits per heavy atom. The lowest BCUT2D eigenvalue weighted by Gasteiger charge is -2.05. The molecule has 78 valence electrons. The second kappa shape index (κ2) is 6.88. The summed E-state index contributed by atoms with van der Waals surface area (Å²) in [6.07, 6.45) is 3.61. The predicted octanol–water partition coefficient (Wildman–Crippen LogP) is 3.94. The average molecular weight is 257 g/mol. The summed E-state index contributed by atoms with van der Waals surface area (Å²) in [7, 11) is 0. The van der Waals surface area contributed by atoms with Crippen molar-refractivity contribution in [2.45, 2.75) is 26.2 Å². The molecule has 0 heterocycles. The number of ether oxygens (including phenoxy) is 1. The minimum Gasteiger partial charge on any atom is -0.494 e. The Bertz CT molecular complexity index is 243. The van der Waals surface area contributed by atoms with Crippen LogP contribution in [0.3, 0.4) is 0 Å².